The van der Waals surface area contributed by atoms with Crippen LogP contribution in [0, 0.1) is 13.8 Å². The molecule has 0 spiro atoms. The van der Waals surface area contributed by atoms with Crippen molar-refractivity contribution in [2.75, 3.05) is 32.8 Å². The SMILES string of the molecule is CCOc1cccc2cc(C(=O)N3CCCN(Cc4c(C)noc4C)CC3)oc12. The first kappa shape index (κ1) is 19.5. The highest BCUT2D eigenvalue weighted by Gasteiger charge is 2.24. The maximum atomic E-state index is 13.1. The summed E-state index contributed by atoms with van der Waals surface area (Å²) in [5.74, 6) is 1.84. The third-order valence-electron chi connectivity index (χ3n) is 5.46. The molecular weight excluding hydrogens is 370 g/mol. The van der Waals surface area contributed by atoms with E-state index in [1.165, 1.54) is 0 Å². The van der Waals surface area contributed by atoms with Crippen LogP contribution >= 0.6 is 0 Å². The Morgan fingerprint density at radius 3 is 2.83 bits per heavy atom. The minimum Gasteiger partial charge on any atom is -0.490 e. The van der Waals surface area contributed by atoms with Crippen molar-refractivity contribution in [2.24, 2.45) is 0 Å². The number of aromatic nitrogens is 1. The van der Waals surface area contributed by atoms with Crippen LogP contribution in [-0.2, 0) is 6.54 Å². The minimum atomic E-state index is -0.0668. The quantitative estimate of drug-likeness (QED) is 0.652. The highest BCUT2D eigenvalue weighted by atomic mass is 16.5. The monoisotopic (exact) mass is 397 g/mol. The Labute approximate surface area is 170 Å². The zero-order chi connectivity index (χ0) is 20.4. The lowest BCUT2D eigenvalue weighted by atomic mass is 10.2. The number of amides is 1. The van der Waals surface area contributed by atoms with Gasteiger partial charge in [0.15, 0.2) is 17.1 Å². The van der Waals surface area contributed by atoms with Crippen LogP contribution in [0.15, 0.2) is 33.2 Å². The van der Waals surface area contributed by atoms with Crippen LogP contribution in [0.1, 0.15) is 40.9 Å². The standard InChI is InChI=1S/C22H27N3O4/c1-4-27-19-8-5-7-17-13-20(28-21(17)19)22(26)25-10-6-9-24(11-12-25)14-18-15(2)23-29-16(18)3/h5,7-8,13H,4,6,9-12,14H2,1-3H3. The summed E-state index contributed by atoms with van der Waals surface area (Å²) >= 11 is 0. The molecule has 0 bridgehead atoms. The predicted octanol–water partition coefficient (Wildman–Crippen LogP) is 3.78. The van der Waals surface area contributed by atoms with Gasteiger partial charge in [-0.05, 0) is 39.3 Å². The summed E-state index contributed by atoms with van der Waals surface area (Å²) in [5.41, 5.74) is 2.71. The summed E-state index contributed by atoms with van der Waals surface area (Å²) in [6, 6.07) is 7.52. The first-order valence-electron chi connectivity index (χ1n) is 10.2. The number of hydrogen-bond donors (Lipinski definition) is 0. The summed E-state index contributed by atoms with van der Waals surface area (Å²) in [5, 5.41) is 4.92. The number of benzene rings is 1. The molecule has 154 valence electrons. The van der Waals surface area contributed by atoms with Gasteiger partial charge < -0.3 is 18.6 Å². The van der Waals surface area contributed by atoms with E-state index in [0.29, 0.717) is 36.8 Å². The molecule has 4 rings (SSSR count). The molecule has 0 atom stereocenters. The van der Waals surface area contributed by atoms with Crippen molar-refractivity contribution in [2.45, 2.75) is 33.7 Å². The molecule has 7 heteroatoms. The zero-order valence-electron chi connectivity index (χ0n) is 17.2. The number of ether oxygens (including phenoxy) is 1. The molecule has 29 heavy (non-hydrogen) atoms. The second-order valence-electron chi connectivity index (χ2n) is 7.44. The van der Waals surface area contributed by atoms with E-state index in [9.17, 15) is 4.79 Å². The maximum Gasteiger partial charge on any atom is 0.289 e. The summed E-state index contributed by atoms with van der Waals surface area (Å²) in [6.07, 6.45) is 0.916. The molecule has 7 nitrogen and oxygen atoms in total. The third-order valence-corrected chi connectivity index (χ3v) is 5.46. The van der Waals surface area contributed by atoms with Gasteiger partial charge in [0.2, 0.25) is 0 Å². The number of fused-ring (bicyclic) bond motifs is 1. The highest BCUT2D eigenvalue weighted by Crippen LogP contribution is 2.29. The molecule has 1 aromatic carbocycles. The van der Waals surface area contributed by atoms with Gasteiger partial charge in [-0.3, -0.25) is 9.69 Å². The van der Waals surface area contributed by atoms with Gasteiger partial charge in [0.25, 0.3) is 5.91 Å². The summed E-state index contributed by atoms with van der Waals surface area (Å²) in [6.45, 7) is 10.3. The second kappa shape index (κ2) is 8.29. The van der Waals surface area contributed by atoms with Crippen LogP contribution in [0.4, 0.5) is 0 Å². The van der Waals surface area contributed by atoms with E-state index >= 15 is 0 Å². The van der Waals surface area contributed by atoms with E-state index in [-0.39, 0.29) is 5.91 Å². The highest BCUT2D eigenvalue weighted by molar-refractivity contribution is 5.97. The molecule has 1 amide bonds. The van der Waals surface area contributed by atoms with Crippen LogP contribution in [0.5, 0.6) is 5.75 Å². The van der Waals surface area contributed by atoms with Gasteiger partial charge in [-0.25, -0.2) is 0 Å². The van der Waals surface area contributed by atoms with Gasteiger partial charge in [-0.1, -0.05) is 17.3 Å². The Morgan fingerprint density at radius 2 is 2.07 bits per heavy atom. The molecule has 0 radical (unpaired) electrons. The molecule has 2 aromatic heterocycles. The second-order valence-corrected chi connectivity index (χ2v) is 7.44. The Bertz CT molecular complexity index is 987. The van der Waals surface area contributed by atoms with Gasteiger partial charge in [0.05, 0.1) is 12.3 Å². The third kappa shape index (κ3) is 4.00. The number of hydrogen-bond acceptors (Lipinski definition) is 6. The predicted molar refractivity (Wildman–Crippen MR) is 109 cm³/mol. The lowest BCUT2D eigenvalue weighted by Crippen LogP contribution is -2.35. The van der Waals surface area contributed by atoms with Crippen LogP contribution in [0.25, 0.3) is 11.0 Å². The molecule has 1 saturated heterocycles. The van der Waals surface area contributed by atoms with Crippen LogP contribution in [0.2, 0.25) is 0 Å². The first-order valence-corrected chi connectivity index (χ1v) is 10.2. The van der Waals surface area contributed by atoms with Crippen molar-refractivity contribution >= 4 is 16.9 Å². The number of aryl methyl sites for hydroxylation is 2. The van der Waals surface area contributed by atoms with Crippen molar-refractivity contribution in [1.82, 2.24) is 15.0 Å². The summed E-state index contributed by atoms with van der Waals surface area (Å²) in [7, 11) is 0. The Balaban J connectivity index is 1.46. The number of rotatable bonds is 5. The molecule has 0 unspecified atom stereocenters. The van der Waals surface area contributed by atoms with Crippen molar-refractivity contribution in [3.8, 4) is 5.75 Å². The number of para-hydroxylation sites is 1. The Kier molecular flexibility index (Phi) is 5.58. The molecule has 3 heterocycles. The molecule has 3 aromatic rings. The molecule has 1 aliphatic heterocycles. The van der Waals surface area contributed by atoms with Crippen molar-refractivity contribution < 1.29 is 18.5 Å². The van der Waals surface area contributed by atoms with E-state index in [1.54, 1.807) is 0 Å². The number of furan rings is 1. The molecule has 0 aliphatic carbocycles. The van der Waals surface area contributed by atoms with Gasteiger partial charge in [0.1, 0.15) is 5.76 Å². The fourth-order valence-electron chi connectivity index (χ4n) is 3.85. The van der Waals surface area contributed by atoms with E-state index in [2.05, 4.69) is 10.1 Å². The average molecular weight is 397 g/mol. The number of carbonyl (C=O) groups excluding carboxylic acids is 1. The largest absolute Gasteiger partial charge is 0.490 e. The van der Waals surface area contributed by atoms with E-state index in [0.717, 1.165) is 48.5 Å². The number of carbonyl (C=O) groups is 1. The summed E-state index contributed by atoms with van der Waals surface area (Å²) in [4.78, 5) is 17.3. The first-order chi connectivity index (χ1) is 14.1. The van der Waals surface area contributed by atoms with Gasteiger partial charge in [-0.2, -0.15) is 0 Å². The molecule has 0 N–H and O–H groups in total. The van der Waals surface area contributed by atoms with E-state index in [1.807, 2.05) is 49.9 Å². The minimum absolute atomic E-state index is 0.0668. The number of nitrogens with zero attached hydrogens (tertiary/aromatic N) is 3. The average Bonchev–Trinajstić information content (AvgIpc) is 3.19. The molecule has 1 aliphatic rings. The molecule has 0 saturated carbocycles. The topological polar surface area (TPSA) is 72.0 Å². The Morgan fingerprint density at radius 1 is 1.21 bits per heavy atom. The van der Waals surface area contributed by atoms with Crippen molar-refractivity contribution in [3.05, 3.63) is 47.0 Å². The van der Waals surface area contributed by atoms with Gasteiger partial charge in [-0.15, -0.1) is 0 Å². The van der Waals surface area contributed by atoms with Crippen LogP contribution in [0.3, 0.4) is 0 Å². The molecular formula is C22H27N3O4. The smallest absolute Gasteiger partial charge is 0.289 e. The lowest BCUT2D eigenvalue weighted by Gasteiger charge is -2.21. The Hall–Kier alpha value is -2.80. The van der Waals surface area contributed by atoms with Crippen molar-refractivity contribution in [1.29, 1.82) is 0 Å². The molecule has 1 fully saturated rings. The lowest BCUT2D eigenvalue weighted by molar-refractivity contribution is 0.0731. The fourth-order valence-corrected chi connectivity index (χ4v) is 3.85. The van der Waals surface area contributed by atoms with E-state index in [4.69, 9.17) is 13.7 Å². The van der Waals surface area contributed by atoms with Crippen LogP contribution < -0.4 is 4.74 Å². The van der Waals surface area contributed by atoms with Crippen molar-refractivity contribution in [3.63, 3.8) is 0 Å². The maximum absolute atomic E-state index is 13.1. The van der Waals surface area contributed by atoms with Crippen LogP contribution in [-0.4, -0.2) is 53.6 Å². The van der Waals surface area contributed by atoms with E-state index < -0.39 is 0 Å². The van der Waals surface area contributed by atoms with Gasteiger partial charge >= 0.3 is 0 Å². The summed E-state index contributed by atoms with van der Waals surface area (Å²) < 4.78 is 16.8. The zero-order valence-corrected chi connectivity index (χ0v) is 17.2. The normalized spacial score (nSPS) is 15.6. The van der Waals surface area contributed by atoms with Gasteiger partial charge in [0, 0.05) is 43.7 Å². The fraction of sp³-hybridized carbons (Fsp3) is 0.455.